The van der Waals surface area contributed by atoms with Crippen molar-refractivity contribution in [2.75, 3.05) is 22.9 Å². The van der Waals surface area contributed by atoms with Crippen molar-refractivity contribution >= 4 is 46.0 Å². The molecule has 1 aliphatic rings. The smallest absolute Gasteiger partial charge is 0.315 e. The van der Waals surface area contributed by atoms with Gasteiger partial charge < -0.3 is 21.7 Å². The van der Waals surface area contributed by atoms with Crippen LogP contribution in [0.25, 0.3) is 16.6 Å². The molecule has 5 rings (SSSR count). The average Bonchev–Trinajstić information content (AvgIpc) is 3.35. The average molecular weight is 602 g/mol. The van der Waals surface area contributed by atoms with Gasteiger partial charge in [0.25, 0.3) is 17.9 Å². The van der Waals surface area contributed by atoms with E-state index in [1.807, 2.05) is 6.07 Å². The molecule has 5 N–H and O–H groups in total. The number of aromatic nitrogens is 4. The number of hydrogen-bond donors (Lipinski definition) is 3. The van der Waals surface area contributed by atoms with Gasteiger partial charge in [-0.15, -0.1) is 0 Å². The number of rotatable bonds is 6. The van der Waals surface area contributed by atoms with Crippen molar-refractivity contribution in [3.63, 3.8) is 0 Å². The van der Waals surface area contributed by atoms with Crippen molar-refractivity contribution in [2.45, 2.75) is 31.4 Å². The van der Waals surface area contributed by atoms with Gasteiger partial charge in [-0.2, -0.15) is 24.0 Å². The summed E-state index contributed by atoms with van der Waals surface area (Å²) < 4.78 is 54.7. The second kappa shape index (κ2) is 11.1. The van der Waals surface area contributed by atoms with Gasteiger partial charge >= 0.3 is 6.43 Å². The maximum atomic E-state index is 14.0. The van der Waals surface area contributed by atoms with Gasteiger partial charge in [-0.25, -0.2) is 13.8 Å². The topological polar surface area (TPSA) is 169 Å². The Morgan fingerprint density at radius 3 is 2.55 bits per heavy atom. The number of nitrogens with two attached hydrogens (primary N) is 2. The highest BCUT2D eigenvalue weighted by Gasteiger charge is 2.40. The van der Waals surface area contributed by atoms with E-state index < -0.39 is 36.4 Å². The minimum absolute atomic E-state index is 0.00528. The molecule has 16 heteroatoms. The number of carbonyl (C=O) groups is 1. The van der Waals surface area contributed by atoms with Crippen LogP contribution >= 0.6 is 11.6 Å². The van der Waals surface area contributed by atoms with Crippen LogP contribution in [0, 0.1) is 11.3 Å². The van der Waals surface area contributed by atoms with Gasteiger partial charge in [-0.05, 0) is 30.7 Å². The summed E-state index contributed by atoms with van der Waals surface area (Å²) in [6, 6.07) is 9.47. The molecule has 42 heavy (non-hydrogen) atoms. The van der Waals surface area contributed by atoms with Gasteiger partial charge in [0, 0.05) is 18.2 Å². The molecule has 216 valence electrons. The van der Waals surface area contributed by atoms with Crippen molar-refractivity contribution in [1.29, 1.82) is 5.26 Å². The van der Waals surface area contributed by atoms with Crippen LogP contribution in [0.3, 0.4) is 0 Å². The number of anilines is 3. The fourth-order valence-corrected chi connectivity index (χ4v) is 5.21. The van der Waals surface area contributed by atoms with Crippen molar-refractivity contribution in [1.82, 2.24) is 24.8 Å². The first kappa shape index (κ1) is 28.6. The van der Waals surface area contributed by atoms with Gasteiger partial charge in [-0.1, -0.05) is 29.8 Å². The van der Waals surface area contributed by atoms with E-state index in [1.54, 1.807) is 6.07 Å². The van der Waals surface area contributed by atoms with Crippen molar-refractivity contribution in [3.05, 3.63) is 74.8 Å². The molecule has 0 bridgehead atoms. The predicted octanol–water partition coefficient (Wildman–Crippen LogP) is 3.50. The van der Waals surface area contributed by atoms with Crippen molar-refractivity contribution in [2.24, 2.45) is 0 Å². The number of amides is 1. The number of benzene rings is 2. The zero-order valence-corrected chi connectivity index (χ0v) is 22.1. The van der Waals surface area contributed by atoms with Gasteiger partial charge in [0.05, 0.1) is 27.7 Å². The number of carbonyl (C=O) groups excluding carboxylic acids is 1. The second-order valence-corrected chi connectivity index (χ2v) is 9.73. The van der Waals surface area contributed by atoms with E-state index in [-0.39, 0.29) is 69.1 Å². The zero-order chi connectivity index (χ0) is 30.3. The summed E-state index contributed by atoms with van der Waals surface area (Å²) in [6.07, 6.45) is -6.28. The highest BCUT2D eigenvalue weighted by Crippen LogP contribution is 2.39. The predicted molar refractivity (Wildman–Crippen MR) is 146 cm³/mol. The molecular weight excluding hydrogens is 582 g/mol. The zero-order valence-electron chi connectivity index (χ0n) is 21.3. The number of nitrogens with one attached hydrogen (secondary N) is 1. The monoisotopic (exact) mass is 601 g/mol. The highest BCUT2D eigenvalue weighted by molar-refractivity contribution is 6.35. The third-order valence-electron chi connectivity index (χ3n) is 6.72. The third-order valence-corrected chi connectivity index (χ3v) is 7.03. The summed E-state index contributed by atoms with van der Waals surface area (Å²) in [6.45, 7) is -0.186. The Hall–Kier alpha value is -4.97. The van der Waals surface area contributed by atoms with Crippen LogP contribution in [-0.4, -0.2) is 44.4 Å². The minimum Gasteiger partial charge on any atom is -0.382 e. The highest BCUT2D eigenvalue weighted by atomic mass is 35.5. The molecule has 0 unspecified atom stereocenters. The van der Waals surface area contributed by atoms with Crippen LogP contribution in [-0.2, 0) is 4.79 Å². The summed E-state index contributed by atoms with van der Waals surface area (Å²) in [7, 11) is 0. The minimum atomic E-state index is -3.31. The van der Waals surface area contributed by atoms with E-state index in [9.17, 15) is 32.4 Å². The van der Waals surface area contributed by atoms with Gasteiger partial charge in [-0.3, -0.25) is 14.2 Å². The number of nitrogens with zero attached hydrogens (tertiary/aromatic N) is 6. The Morgan fingerprint density at radius 2 is 1.86 bits per heavy atom. The van der Waals surface area contributed by atoms with E-state index in [1.165, 1.54) is 35.2 Å². The molecule has 2 aromatic heterocycles. The molecule has 2 aromatic carbocycles. The summed E-state index contributed by atoms with van der Waals surface area (Å²) in [5.74, 6) is -2.24. The van der Waals surface area contributed by atoms with Crippen LogP contribution in [0.1, 0.15) is 35.8 Å². The Morgan fingerprint density at radius 1 is 1.12 bits per heavy atom. The van der Waals surface area contributed by atoms with Crippen LogP contribution < -0.4 is 27.2 Å². The first-order valence-corrected chi connectivity index (χ1v) is 12.7. The molecule has 1 fully saturated rings. The molecule has 1 aliphatic heterocycles. The first-order valence-electron chi connectivity index (χ1n) is 12.3. The fourth-order valence-electron chi connectivity index (χ4n) is 4.96. The fraction of sp³-hybridized carbons (Fsp3) is 0.231. The number of nitrogen functional groups attached to an aromatic ring is 2. The lowest BCUT2D eigenvalue weighted by atomic mass is 10.1. The van der Waals surface area contributed by atoms with E-state index >= 15 is 0 Å². The molecule has 3 heterocycles. The molecule has 1 amide bonds. The first-order chi connectivity index (χ1) is 20.0. The van der Waals surface area contributed by atoms with Crippen molar-refractivity contribution in [3.8, 4) is 11.8 Å². The van der Waals surface area contributed by atoms with E-state index in [0.717, 1.165) is 10.6 Å². The standard InChI is InChI=1S/C26H20ClF4N9O2/c27-15-5-2-6-16-18(15)25(42)40(13-4-1-3-11(7-13)19(28)29)23(36-16)17-8-12(35-24(41)20(30)31)10-39(17)22-14(9-32)21(33)37-26(34)38-22/h1-7,12,17,19-20H,8,10H2,(H,35,41)(H4,33,34,37,38)/t12-,17+/m1/s1. The Labute approximate surface area is 239 Å². The Balaban J connectivity index is 1.79. The van der Waals surface area contributed by atoms with Gasteiger partial charge in [0.1, 0.15) is 23.3 Å². The molecule has 0 radical (unpaired) electrons. The SMILES string of the molecule is N#Cc1c(N)nc(N)nc1N1C[C@H](NC(=O)C(F)F)C[C@H]1c1nc2cccc(Cl)c2c(=O)n1-c1cccc(C(F)F)c1. The van der Waals surface area contributed by atoms with Crippen LogP contribution in [0.15, 0.2) is 47.3 Å². The number of nitriles is 1. The lowest BCUT2D eigenvalue weighted by Gasteiger charge is -2.28. The van der Waals surface area contributed by atoms with Crippen molar-refractivity contribution < 1.29 is 22.4 Å². The van der Waals surface area contributed by atoms with E-state index in [0.29, 0.717) is 0 Å². The summed E-state index contributed by atoms with van der Waals surface area (Å²) in [5.41, 5.74) is 10.6. The van der Waals surface area contributed by atoms with E-state index in [4.69, 9.17) is 23.1 Å². The van der Waals surface area contributed by atoms with E-state index in [2.05, 4.69) is 20.3 Å². The number of alkyl halides is 4. The maximum Gasteiger partial charge on any atom is 0.315 e. The summed E-state index contributed by atoms with van der Waals surface area (Å²) in [4.78, 5) is 39.9. The number of fused-ring (bicyclic) bond motifs is 1. The normalized spacial score (nSPS) is 16.8. The third kappa shape index (κ3) is 5.12. The molecule has 1 saturated heterocycles. The Kier molecular flexibility index (Phi) is 7.57. The molecular formula is C26H20ClF4N9O2. The molecule has 4 aromatic rings. The summed E-state index contributed by atoms with van der Waals surface area (Å²) >= 11 is 6.34. The number of halogens is 5. The molecule has 0 spiro atoms. The lowest BCUT2D eigenvalue weighted by Crippen LogP contribution is -2.40. The Bertz CT molecular complexity index is 1810. The lowest BCUT2D eigenvalue weighted by molar-refractivity contribution is -0.132. The molecule has 2 atom stereocenters. The second-order valence-electron chi connectivity index (χ2n) is 9.33. The maximum absolute atomic E-state index is 14.0. The summed E-state index contributed by atoms with van der Waals surface area (Å²) in [5, 5.41) is 12.1. The molecule has 0 saturated carbocycles. The van der Waals surface area contributed by atoms with Crippen LogP contribution in [0.2, 0.25) is 5.02 Å². The number of hydrogen-bond acceptors (Lipinski definition) is 9. The van der Waals surface area contributed by atoms with Crippen LogP contribution in [0.5, 0.6) is 0 Å². The largest absolute Gasteiger partial charge is 0.382 e. The quantitative estimate of drug-likeness (QED) is 0.280. The molecule has 0 aliphatic carbocycles. The molecule has 11 nitrogen and oxygen atoms in total. The van der Waals surface area contributed by atoms with Crippen LogP contribution in [0.4, 0.5) is 35.1 Å². The van der Waals surface area contributed by atoms with Gasteiger partial charge in [0.15, 0.2) is 5.82 Å². The van der Waals surface area contributed by atoms with Gasteiger partial charge in [0.2, 0.25) is 5.95 Å².